The summed E-state index contributed by atoms with van der Waals surface area (Å²) < 4.78 is 9.79. The van der Waals surface area contributed by atoms with Crippen molar-refractivity contribution in [1.82, 2.24) is 0 Å². The van der Waals surface area contributed by atoms with E-state index in [4.69, 9.17) is 14.7 Å². The largest absolute Gasteiger partial charge is 0.468 e. The molecule has 0 aromatic heterocycles. The van der Waals surface area contributed by atoms with E-state index >= 15 is 0 Å². The highest BCUT2D eigenvalue weighted by Crippen LogP contribution is 2.40. The van der Waals surface area contributed by atoms with Crippen LogP contribution in [0.3, 0.4) is 0 Å². The molecule has 6 heteroatoms. The van der Waals surface area contributed by atoms with Crippen molar-refractivity contribution in [2.75, 3.05) is 14.2 Å². The predicted molar refractivity (Wildman–Crippen MR) is 87.2 cm³/mol. The van der Waals surface area contributed by atoms with E-state index in [0.717, 1.165) is 0 Å². The van der Waals surface area contributed by atoms with Crippen molar-refractivity contribution >= 4 is 17.7 Å². The number of methoxy groups -OCH3 is 2. The van der Waals surface area contributed by atoms with E-state index < -0.39 is 23.8 Å². The van der Waals surface area contributed by atoms with Gasteiger partial charge in [0, 0.05) is 17.3 Å². The van der Waals surface area contributed by atoms with Gasteiger partial charge in [0.05, 0.1) is 31.4 Å². The standard InChI is InChI=1S/C18H18N2O4/c1-10-14(17(21)23-3)16(13-7-5-6-12(8-13)9-19)15(11(2)20-10)18(22)24-4/h5-8,14,16H,1-4H3. The molecule has 2 atom stereocenters. The summed E-state index contributed by atoms with van der Waals surface area (Å²) in [5.41, 5.74) is 2.46. The Kier molecular flexibility index (Phi) is 5.14. The lowest BCUT2D eigenvalue weighted by atomic mass is 9.75. The summed E-state index contributed by atoms with van der Waals surface area (Å²) in [4.78, 5) is 29.0. The lowest BCUT2D eigenvalue weighted by molar-refractivity contribution is -0.143. The van der Waals surface area contributed by atoms with Gasteiger partial charge in [-0.2, -0.15) is 5.26 Å². The number of nitriles is 1. The first-order chi connectivity index (χ1) is 11.4. The maximum Gasteiger partial charge on any atom is 0.336 e. The summed E-state index contributed by atoms with van der Waals surface area (Å²) in [7, 11) is 2.57. The minimum atomic E-state index is -0.748. The summed E-state index contributed by atoms with van der Waals surface area (Å²) in [6.07, 6.45) is 0. The first kappa shape index (κ1) is 17.4. The van der Waals surface area contributed by atoms with E-state index in [9.17, 15) is 9.59 Å². The Balaban J connectivity index is 2.70. The Morgan fingerprint density at radius 1 is 1.21 bits per heavy atom. The maximum atomic E-state index is 12.3. The van der Waals surface area contributed by atoms with Crippen LogP contribution in [0.25, 0.3) is 0 Å². The van der Waals surface area contributed by atoms with Gasteiger partial charge in [-0.1, -0.05) is 12.1 Å². The van der Waals surface area contributed by atoms with Gasteiger partial charge in [-0.25, -0.2) is 4.79 Å². The lowest BCUT2D eigenvalue weighted by Gasteiger charge is -2.31. The van der Waals surface area contributed by atoms with Crippen molar-refractivity contribution in [1.29, 1.82) is 5.26 Å². The SMILES string of the molecule is COC(=O)C1=C(C)N=C(C)C(C(=O)OC)C1c1cccc(C#N)c1. The first-order valence-electron chi connectivity index (χ1n) is 7.36. The van der Waals surface area contributed by atoms with E-state index in [1.165, 1.54) is 14.2 Å². The molecule has 6 nitrogen and oxygen atoms in total. The van der Waals surface area contributed by atoms with Gasteiger partial charge in [0.25, 0.3) is 0 Å². The van der Waals surface area contributed by atoms with Crippen LogP contribution >= 0.6 is 0 Å². The average Bonchev–Trinajstić information content (AvgIpc) is 2.59. The smallest absolute Gasteiger partial charge is 0.336 e. The molecule has 0 saturated carbocycles. The van der Waals surface area contributed by atoms with Crippen molar-refractivity contribution in [2.24, 2.45) is 10.9 Å². The highest BCUT2D eigenvalue weighted by atomic mass is 16.5. The van der Waals surface area contributed by atoms with Gasteiger partial charge in [-0.3, -0.25) is 9.79 Å². The molecule has 0 fully saturated rings. The van der Waals surface area contributed by atoms with Crippen LogP contribution in [0, 0.1) is 17.2 Å². The van der Waals surface area contributed by atoms with Gasteiger partial charge in [0.2, 0.25) is 0 Å². The number of hydrogen-bond donors (Lipinski definition) is 0. The molecule has 24 heavy (non-hydrogen) atoms. The Morgan fingerprint density at radius 2 is 1.92 bits per heavy atom. The number of ether oxygens (including phenoxy) is 2. The monoisotopic (exact) mass is 326 g/mol. The third-order valence-corrected chi connectivity index (χ3v) is 4.06. The molecule has 1 heterocycles. The van der Waals surface area contributed by atoms with Gasteiger partial charge in [-0.15, -0.1) is 0 Å². The molecular formula is C18H18N2O4. The number of esters is 2. The molecule has 0 bridgehead atoms. The van der Waals surface area contributed by atoms with Gasteiger partial charge in [0.15, 0.2) is 0 Å². The van der Waals surface area contributed by atoms with Crippen molar-refractivity contribution in [3.05, 3.63) is 46.7 Å². The fourth-order valence-electron chi connectivity index (χ4n) is 3.01. The van der Waals surface area contributed by atoms with Crippen molar-refractivity contribution in [3.63, 3.8) is 0 Å². The van der Waals surface area contributed by atoms with Crippen molar-refractivity contribution in [3.8, 4) is 6.07 Å². The average molecular weight is 326 g/mol. The Labute approximate surface area is 140 Å². The Bertz CT molecular complexity index is 786. The van der Waals surface area contributed by atoms with E-state index in [-0.39, 0.29) is 0 Å². The van der Waals surface area contributed by atoms with E-state index in [1.807, 2.05) is 0 Å². The summed E-state index contributed by atoms with van der Waals surface area (Å²) in [6.45, 7) is 3.42. The van der Waals surface area contributed by atoms with Crippen molar-refractivity contribution < 1.29 is 19.1 Å². The highest BCUT2D eigenvalue weighted by Gasteiger charge is 2.42. The number of aliphatic imine (C=N–C) groups is 1. The summed E-state index contributed by atoms with van der Waals surface area (Å²) in [5.74, 6) is -2.40. The minimum absolute atomic E-state index is 0.300. The molecule has 2 rings (SSSR count). The van der Waals surface area contributed by atoms with Gasteiger partial charge >= 0.3 is 11.9 Å². The molecule has 0 radical (unpaired) electrons. The second-order valence-electron chi connectivity index (χ2n) is 5.46. The second-order valence-corrected chi connectivity index (χ2v) is 5.46. The quantitative estimate of drug-likeness (QED) is 0.796. The maximum absolute atomic E-state index is 12.3. The van der Waals surface area contributed by atoms with Crippen LogP contribution in [-0.2, 0) is 19.1 Å². The Hall–Kier alpha value is -2.94. The van der Waals surface area contributed by atoms with Gasteiger partial charge < -0.3 is 9.47 Å². The minimum Gasteiger partial charge on any atom is -0.468 e. The number of rotatable bonds is 3. The summed E-state index contributed by atoms with van der Waals surface area (Å²) in [6, 6.07) is 8.88. The first-order valence-corrected chi connectivity index (χ1v) is 7.36. The van der Waals surface area contributed by atoms with Gasteiger partial charge in [-0.05, 0) is 31.5 Å². The number of carbonyl (C=O) groups is 2. The third-order valence-electron chi connectivity index (χ3n) is 4.06. The molecule has 1 aromatic carbocycles. The van der Waals surface area contributed by atoms with Crippen LogP contribution in [0.5, 0.6) is 0 Å². The third kappa shape index (κ3) is 3.06. The van der Waals surface area contributed by atoms with Crippen LogP contribution in [0.1, 0.15) is 30.9 Å². The molecule has 0 spiro atoms. The fraction of sp³-hybridized carbons (Fsp3) is 0.333. The topological polar surface area (TPSA) is 88.8 Å². The van der Waals surface area contributed by atoms with E-state index in [2.05, 4.69) is 11.1 Å². The number of carbonyl (C=O) groups excluding carboxylic acids is 2. The number of hydrogen-bond acceptors (Lipinski definition) is 6. The van der Waals surface area contributed by atoms with E-state index in [0.29, 0.717) is 28.1 Å². The normalized spacial score (nSPS) is 20.0. The van der Waals surface area contributed by atoms with Crippen LogP contribution in [0.4, 0.5) is 0 Å². The molecule has 0 aliphatic carbocycles. The summed E-state index contributed by atoms with van der Waals surface area (Å²) >= 11 is 0. The van der Waals surface area contributed by atoms with Crippen molar-refractivity contribution in [2.45, 2.75) is 19.8 Å². The fourth-order valence-corrected chi connectivity index (χ4v) is 3.01. The Morgan fingerprint density at radius 3 is 2.50 bits per heavy atom. The molecule has 0 N–H and O–H groups in total. The predicted octanol–water partition coefficient (Wildman–Crippen LogP) is 2.35. The summed E-state index contributed by atoms with van der Waals surface area (Å²) in [5, 5.41) is 9.14. The molecular weight excluding hydrogens is 308 g/mol. The van der Waals surface area contributed by atoms with Crippen LogP contribution in [-0.4, -0.2) is 31.9 Å². The number of nitrogens with zero attached hydrogens (tertiary/aromatic N) is 2. The highest BCUT2D eigenvalue weighted by molar-refractivity contribution is 6.06. The zero-order valence-corrected chi connectivity index (χ0v) is 14.0. The number of benzene rings is 1. The zero-order chi connectivity index (χ0) is 17.9. The molecule has 124 valence electrons. The van der Waals surface area contributed by atoms with Crippen LogP contribution in [0.2, 0.25) is 0 Å². The second kappa shape index (κ2) is 7.09. The molecule has 2 unspecified atom stereocenters. The number of allylic oxidation sites excluding steroid dienone is 1. The molecule has 1 aliphatic rings. The molecule has 1 aliphatic heterocycles. The molecule has 1 aromatic rings. The molecule has 0 saturated heterocycles. The van der Waals surface area contributed by atoms with Gasteiger partial charge in [0.1, 0.15) is 5.92 Å². The molecule has 0 amide bonds. The van der Waals surface area contributed by atoms with Crippen LogP contribution in [0.15, 0.2) is 40.5 Å². The van der Waals surface area contributed by atoms with Crippen LogP contribution < -0.4 is 0 Å². The van der Waals surface area contributed by atoms with E-state index in [1.54, 1.807) is 38.1 Å². The lowest BCUT2D eigenvalue weighted by Crippen LogP contribution is -2.36. The zero-order valence-electron chi connectivity index (χ0n) is 14.0.